The second-order valence-electron chi connectivity index (χ2n) is 7.36. The summed E-state index contributed by atoms with van der Waals surface area (Å²) >= 11 is 3.05. The summed E-state index contributed by atoms with van der Waals surface area (Å²) in [7, 11) is 1.69. The number of nitrogens with zero attached hydrogens (tertiary/aromatic N) is 4. The smallest absolute Gasteiger partial charge is 0.233 e. The highest BCUT2D eigenvalue weighted by Gasteiger charge is 2.23. The highest BCUT2D eigenvalue weighted by Crippen LogP contribution is 2.34. The maximum atomic E-state index is 12.9. The summed E-state index contributed by atoms with van der Waals surface area (Å²) in [5, 5.41) is 1.63. The van der Waals surface area contributed by atoms with Gasteiger partial charge in [0, 0.05) is 43.5 Å². The molecular formula is C24H26N4O2S2. The zero-order valence-corrected chi connectivity index (χ0v) is 19.9. The average Bonchev–Trinajstić information content (AvgIpc) is 2.85. The molecule has 1 aliphatic heterocycles. The zero-order valence-electron chi connectivity index (χ0n) is 18.2. The fourth-order valence-corrected chi connectivity index (χ4v) is 5.46. The van der Waals surface area contributed by atoms with Crippen LogP contribution < -0.4 is 9.64 Å². The third-order valence-electron chi connectivity index (χ3n) is 5.32. The van der Waals surface area contributed by atoms with Crippen LogP contribution in [-0.4, -0.2) is 59.8 Å². The van der Waals surface area contributed by atoms with Gasteiger partial charge >= 0.3 is 0 Å². The summed E-state index contributed by atoms with van der Waals surface area (Å²) in [6, 6.07) is 16.2. The van der Waals surface area contributed by atoms with Gasteiger partial charge in [-0.15, -0.1) is 0 Å². The van der Waals surface area contributed by atoms with Gasteiger partial charge < -0.3 is 14.5 Å². The number of thioether (sulfide) groups is 1. The Morgan fingerprint density at radius 2 is 1.66 bits per heavy atom. The molecule has 0 N–H and O–H groups in total. The predicted octanol–water partition coefficient (Wildman–Crippen LogP) is 4.39. The van der Waals surface area contributed by atoms with Crippen LogP contribution in [-0.2, 0) is 4.79 Å². The first-order chi connectivity index (χ1) is 15.7. The van der Waals surface area contributed by atoms with Crippen LogP contribution in [0.5, 0.6) is 5.75 Å². The van der Waals surface area contributed by atoms with E-state index in [-0.39, 0.29) is 5.91 Å². The molecule has 2 heterocycles. The molecule has 4 rings (SSSR count). The number of para-hydroxylation sites is 2. The monoisotopic (exact) mass is 466 g/mol. The molecule has 0 spiro atoms. The Hall–Kier alpha value is -2.71. The van der Waals surface area contributed by atoms with E-state index in [9.17, 15) is 4.79 Å². The number of amides is 1. The lowest BCUT2D eigenvalue weighted by Crippen LogP contribution is -2.49. The Labute approximate surface area is 197 Å². The van der Waals surface area contributed by atoms with Gasteiger partial charge in [-0.25, -0.2) is 9.97 Å². The van der Waals surface area contributed by atoms with E-state index in [1.54, 1.807) is 31.3 Å². The van der Waals surface area contributed by atoms with E-state index < -0.39 is 0 Å². The first kappa shape index (κ1) is 22.5. The van der Waals surface area contributed by atoms with Crippen LogP contribution in [0.2, 0.25) is 0 Å². The summed E-state index contributed by atoms with van der Waals surface area (Å²) in [5.41, 5.74) is 2.28. The second-order valence-corrected chi connectivity index (χ2v) is 9.36. The van der Waals surface area contributed by atoms with Crippen LogP contribution in [0.1, 0.15) is 5.56 Å². The number of carbonyl (C=O) groups excluding carboxylic acids is 1. The Kier molecular flexibility index (Phi) is 7.55. The van der Waals surface area contributed by atoms with Crippen molar-refractivity contribution in [2.75, 3.05) is 43.9 Å². The molecule has 1 saturated heterocycles. The van der Waals surface area contributed by atoms with E-state index in [0.717, 1.165) is 39.5 Å². The predicted molar refractivity (Wildman–Crippen MR) is 130 cm³/mol. The minimum absolute atomic E-state index is 0.132. The number of methoxy groups -OCH3 is 1. The number of rotatable bonds is 7. The number of carbonyl (C=O) groups is 1. The number of ether oxygens (including phenoxy) is 1. The normalized spacial score (nSPS) is 13.8. The number of anilines is 1. The van der Waals surface area contributed by atoms with Gasteiger partial charge in [-0.05, 0) is 30.7 Å². The molecule has 1 aliphatic rings. The van der Waals surface area contributed by atoms with Crippen molar-refractivity contribution < 1.29 is 9.53 Å². The number of piperazine rings is 1. The Morgan fingerprint density at radius 1 is 0.969 bits per heavy atom. The van der Waals surface area contributed by atoms with Gasteiger partial charge in [0.15, 0.2) is 0 Å². The molecule has 3 aromatic rings. The van der Waals surface area contributed by atoms with E-state index in [1.807, 2.05) is 35.2 Å². The van der Waals surface area contributed by atoms with E-state index >= 15 is 0 Å². The minimum Gasteiger partial charge on any atom is -0.495 e. The summed E-state index contributed by atoms with van der Waals surface area (Å²) in [5.74, 6) is 1.35. The Balaban J connectivity index is 1.34. The van der Waals surface area contributed by atoms with Crippen molar-refractivity contribution in [1.82, 2.24) is 14.9 Å². The summed E-state index contributed by atoms with van der Waals surface area (Å²) in [4.78, 5) is 27.2. The molecule has 1 fully saturated rings. The lowest BCUT2D eigenvalue weighted by atomic mass is 10.2. The van der Waals surface area contributed by atoms with Crippen molar-refractivity contribution in [2.24, 2.45) is 0 Å². The molecule has 0 radical (unpaired) electrons. The van der Waals surface area contributed by atoms with Crippen LogP contribution in [0.4, 0.5) is 5.69 Å². The molecule has 1 aromatic heterocycles. The molecule has 6 nitrogen and oxygen atoms in total. The molecule has 0 bridgehead atoms. The van der Waals surface area contributed by atoms with Gasteiger partial charge in [0.05, 0.1) is 18.6 Å². The van der Waals surface area contributed by atoms with Gasteiger partial charge in [-0.1, -0.05) is 53.9 Å². The van der Waals surface area contributed by atoms with Gasteiger partial charge in [0.25, 0.3) is 0 Å². The van der Waals surface area contributed by atoms with Crippen LogP contribution in [0.15, 0.2) is 75.9 Å². The van der Waals surface area contributed by atoms with E-state index in [4.69, 9.17) is 4.74 Å². The molecular weight excluding hydrogens is 440 g/mol. The van der Waals surface area contributed by atoms with Gasteiger partial charge in [0.2, 0.25) is 5.91 Å². The van der Waals surface area contributed by atoms with Crippen LogP contribution in [0.3, 0.4) is 0 Å². The van der Waals surface area contributed by atoms with Crippen LogP contribution in [0.25, 0.3) is 0 Å². The van der Waals surface area contributed by atoms with Crippen molar-refractivity contribution in [3.63, 3.8) is 0 Å². The molecule has 166 valence electrons. The fraction of sp³-hybridized carbons (Fsp3) is 0.292. The lowest BCUT2D eigenvalue weighted by Gasteiger charge is -2.36. The third-order valence-corrected chi connectivity index (χ3v) is 7.59. The first-order valence-corrected chi connectivity index (χ1v) is 12.3. The van der Waals surface area contributed by atoms with Crippen molar-refractivity contribution in [3.05, 3.63) is 66.5 Å². The minimum atomic E-state index is 0.132. The largest absolute Gasteiger partial charge is 0.495 e. The van der Waals surface area contributed by atoms with E-state index in [1.165, 1.54) is 17.3 Å². The lowest BCUT2D eigenvalue weighted by molar-refractivity contribution is -0.128. The molecule has 2 aromatic carbocycles. The highest BCUT2D eigenvalue weighted by molar-refractivity contribution is 8.02. The zero-order chi connectivity index (χ0) is 22.3. The maximum absolute atomic E-state index is 12.9. The highest BCUT2D eigenvalue weighted by atomic mass is 32.2. The number of benzene rings is 2. The SMILES string of the molecule is COc1ccccc1N1CCN(C(=O)CSc2nccnc2Sc2ccccc2C)CC1. The molecule has 0 saturated carbocycles. The van der Waals surface area contributed by atoms with Crippen molar-refractivity contribution in [2.45, 2.75) is 21.9 Å². The van der Waals surface area contributed by atoms with Crippen molar-refractivity contribution >= 4 is 35.1 Å². The molecule has 0 atom stereocenters. The Morgan fingerprint density at radius 3 is 2.41 bits per heavy atom. The second kappa shape index (κ2) is 10.7. The topological polar surface area (TPSA) is 58.6 Å². The van der Waals surface area contributed by atoms with Gasteiger partial charge in [-0.3, -0.25) is 4.79 Å². The number of aromatic nitrogens is 2. The molecule has 32 heavy (non-hydrogen) atoms. The molecule has 0 unspecified atom stereocenters. The van der Waals surface area contributed by atoms with Crippen molar-refractivity contribution in [3.8, 4) is 5.75 Å². The quantitative estimate of drug-likeness (QED) is 0.479. The van der Waals surface area contributed by atoms with E-state index in [0.29, 0.717) is 18.8 Å². The van der Waals surface area contributed by atoms with Gasteiger partial charge in [-0.2, -0.15) is 0 Å². The third kappa shape index (κ3) is 5.37. The maximum Gasteiger partial charge on any atom is 0.233 e. The number of hydrogen-bond donors (Lipinski definition) is 0. The summed E-state index contributed by atoms with van der Waals surface area (Å²) in [6.45, 7) is 5.05. The first-order valence-electron chi connectivity index (χ1n) is 10.5. The van der Waals surface area contributed by atoms with Gasteiger partial charge in [0.1, 0.15) is 15.8 Å². The van der Waals surface area contributed by atoms with E-state index in [2.05, 4.69) is 40.0 Å². The summed E-state index contributed by atoms with van der Waals surface area (Å²) in [6.07, 6.45) is 3.38. The van der Waals surface area contributed by atoms with Crippen molar-refractivity contribution in [1.29, 1.82) is 0 Å². The number of hydrogen-bond acceptors (Lipinski definition) is 7. The summed E-state index contributed by atoms with van der Waals surface area (Å²) < 4.78 is 5.48. The molecule has 8 heteroatoms. The fourth-order valence-electron chi connectivity index (χ4n) is 3.57. The average molecular weight is 467 g/mol. The molecule has 1 amide bonds. The number of aryl methyl sites for hydroxylation is 1. The Bertz CT molecular complexity index is 1070. The van der Waals surface area contributed by atoms with Crippen LogP contribution >= 0.6 is 23.5 Å². The standard InChI is InChI=1S/C24H26N4O2S2/c1-18-7-3-6-10-21(18)32-24-23(25-11-12-26-24)31-17-22(29)28-15-13-27(14-16-28)19-8-4-5-9-20(19)30-2/h3-12H,13-17H2,1-2H3. The van der Waals surface area contributed by atoms with Crippen LogP contribution in [0, 0.1) is 6.92 Å². The molecule has 0 aliphatic carbocycles.